The molecule has 0 radical (unpaired) electrons. The van der Waals surface area contributed by atoms with Gasteiger partial charge in [-0.15, -0.1) is 0 Å². The Balaban J connectivity index is 2.57. The number of rotatable bonds is 3. The average Bonchev–Trinajstić information content (AvgIpc) is 2.10. The molecule has 0 aromatic carbocycles. The van der Waals surface area contributed by atoms with Crippen LogP contribution in [0.1, 0.15) is 53.9 Å². The second kappa shape index (κ2) is 5.89. The highest BCUT2D eigenvalue weighted by Gasteiger charge is 2.36. The Morgan fingerprint density at radius 2 is 1.95 bits per heavy atom. The zero-order valence-electron chi connectivity index (χ0n) is 12.4. The van der Waals surface area contributed by atoms with Crippen molar-refractivity contribution in [3.63, 3.8) is 0 Å². The van der Waals surface area contributed by atoms with Gasteiger partial charge in [0.25, 0.3) is 0 Å². The number of hydrogen-bond donors (Lipinski definition) is 0. The van der Waals surface area contributed by atoms with Crippen molar-refractivity contribution in [2.45, 2.75) is 77.5 Å². The summed E-state index contributed by atoms with van der Waals surface area (Å²) < 4.78 is 16.6. The predicted octanol–water partition coefficient (Wildman–Crippen LogP) is 2.54. The maximum atomic E-state index is 11.8. The molecule has 2 unspecified atom stereocenters. The van der Waals surface area contributed by atoms with Crippen LogP contribution in [0.4, 0.5) is 0 Å². The molecule has 1 fully saturated rings. The lowest BCUT2D eigenvalue weighted by Crippen LogP contribution is -2.45. The molecule has 0 bridgehead atoms. The van der Waals surface area contributed by atoms with Gasteiger partial charge in [0, 0.05) is 6.42 Å². The molecule has 0 spiro atoms. The second-order valence-electron chi connectivity index (χ2n) is 6.27. The van der Waals surface area contributed by atoms with Gasteiger partial charge in [-0.2, -0.15) is 5.26 Å². The highest BCUT2D eigenvalue weighted by atomic mass is 16.7. The van der Waals surface area contributed by atoms with Crippen molar-refractivity contribution in [2.24, 2.45) is 0 Å². The second-order valence-corrected chi connectivity index (χ2v) is 6.27. The summed E-state index contributed by atoms with van der Waals surface area (Å²) in [7, 11) is 0. The molecule has 0 aromatic heterocycles. The molecule has 0 saturated carbocycles. The van der Waals surface area contributed by atoms with Crippen LogP contribution in [0.15, 0.2) is 0 Å². The summed E-state index contributed by atoms with van der Waals surface area (Å²) in [5.41, 5.74) is -0.496. The summed E-state index contributed by atoms with van der Waals surface area (Å²) in [5, 5.41) is 8.75. The van der Waals surface area contributed by atoms with Crippen LogP contribution in [-0.4, -0.2) is 29.6 Å². The lowest BCUT2D eigenvalue weighted by molar-refractivity contribution is -0.298. The van der Waals surface area contributed by atoms with Crippen molar-refractivity contribution in [1.29, 1.82) is 5.26 Å². The normalized spacial score (nSPS) is 26.5. The highest BCUT2D eigenvalue weighted by Crippen LogP contribution is 2.30. The van der Waals surface area contributed by atoms with E-state index in [2.05, 4.69) is 6.07 Å². The first-order chi connectivity index (χ1) is 8.61. The van der Waals surface area contributed by atoms with Crippen LogP contribution < -0.4 is 0 Å². The van der Waals surface area contributed by atoms with Gasteiger partial charge >= 0.3 is 5.97 Å². The minimum absolute atomic E-state index is 0.186. The summed E-state index contributed by atoms with van der Waals surface area (Å²) in [5.74, 6) is -1.06. The summed E-state index contributed by atoms with van der Waals surface area (Å²) in [6.07, 6.45) is 0.568. The molecule has 108 valence electrons. The molecule has 0 amide bonds. The highest BCUT2D eigenvalue weighted by molar-refractivity contribution is 5.70. The third-order valence-electron chi connectivity index (χ3n) is 2.56. The van der Waals surface area contributed by atoms with Crippen molar-refractivity contribution in [1.82, 2.24) is 0 Å². The molecule has 2 atom stereocenters. The van der Waals surface area contributed by atoms with Gasteiger partial charge in [-0.05, 0) is 34.6 Å². The Morgan fingerprint density at radius 1 is 1.37 bits per heavy atom. The van der Waals surface area contributed by atoms with Crippen molar-refractivity contribution in [3.8, 4) is 6.07 Å². The Bertz CT molecular complexity index is 365. The fraction of sp³-hybridized carbons (Fsp3) is 0.857. The van der Waals surface area contributed by atoms with E-state index in [0.717, 1.165) is 0 Å². The zero-order valence-corrected chi connectivity index (χ0v) is 12.4. The lowest BCUT2D eigenvalue weighted by Gasteiger charge is -2.40. The van der Waals surface area contributed by atoms with Gasteiger partial charge in [-0.3, -0.25) is 4.79 Å². The molecule has 0 aromatic rings. The number of carbonyl (C=O) groups excluding carboxylic acids is 1. The topological polar surface area (TPSA) is 68.6 Å². The largest absolute Gasteiger partial charge is 0.460 e. The molecular formula is C14H23NO4. The first kappa shape index (κ1) is 15.9. The molecule has 0 N–H and O–H groups in total. The molecular weight excluding hydrogens is 246 g/mol. The molecule has 1 aliphatic heterocycles. The van der Waals surface area contributed by atoms with Gasteiger partial charge in [0.05, 0.1) is 31.1 Å². The summed E-state index contributed by atoms with van der Waals surface area (Å²) in [6.45, 7) is 9.08. The fourth-order valence-corrected chi connectivity index (χ4v) is 2.14. The molecule has 19 heavy (non-hydrogen) atoms. The molecule has 0 aliphatic carbocycles. The van der Waals surface area contributed by atoms with E-state index in [9.17, 15) is 4.79 Å². The number of esters is 1. The van der Waals surface area contributed by atoms with Crippen LogP contribution in [0.5, 0.6) is 0 Å². The molecule has 5 heteroatoms. The maximum Gasteiger partial charge on any atom is 0.308 e. The fourth-order valence-electron chi connectivity index (χ4n) is 2.14. The van der Waals surface area contributed by atoms with Crippen molar-refractivity contribution in [3.05, 3.63) is 0 Å². The third kappa shape index (κ3) is 6.04. The smallest absolute Gasteiger partial charge is 0.308 e. The zero-order chi connectivity index (χ0) is 14.7. The van der Waals surface area contributed by atoms with Gasteiger partial charge in [0.15, 0.2) is 5.79 Å². The van der Waals surface area contributed by atoms with Gasteiger partial charge < -0.3 is 14.2 Å². The predicted molar refractivity (Wildman–Crippen MR) is 69.1 cm³/mol. The minimum Gasteiger partial charge on any atom is -0.460 e. The van der Waals surface area contributed by atoms with Crippen LogP contribution in [0.2, 0.25) is 0 Å². The van der Waals surface area contributed by atoms with Crippen molar-refractivity contribution in [2.75, 3.05) is 0 Å². The quantitative estimate of drug-likeness (QED) is 0.736. The van der Waals surface area contributed by atoms with Crippen molar-refractivity contribution < 1.29 is 19.0 Å². The van der Waals surface area contributed by atoms with E-state index in [4.69, 9.17) is 19.5 Å². The summed E-state index contributed by atoms with van der Waals surface area (Å²) in [6, 6.07) is 2.09. The van der Waals surface area contributed by atoms with Gasteiger partial charge in [0.2, 0.25) is 0 Å². The van der Waals surface area contributed by atoms with E-state index in [-0.39, 0.29) is 24.6 Å². The average molecular weight is 269 g/mol. The first-order valence-corrected chi connectivity index (χ1v) is 6.56. The molecule has 1 rings (SSSR count). The van der Waals surface area contributed by atoms with Crippen LogP contribution >= 0.6 is 0 Å². The Hall–Kier alpha value is -1.12. The third-order valence-corrected chi connectivity index (χ3v) is 2.56. The molecule has 1 saturated heterocycles. The Morgan fingerprint density at radius 3 is 2.47 bits per heavy atom. The van der Waals surface area contributed by atoms with E-state index in [1.807, 2.05) is 20.8 Å². The minimum atomic E-state index is -0.771. The SMILES string of the molecule is CC(C)(C)OC(=O)CC1CC(CC#N)OC(C)(C)O1. The standard InChI is InChI=1S/C14H23NO4/c1-13(2,3)19-12(16)9-11-8-10(6-7-15)17-14(4,5)18-11/h10-11H,6,8-9H2,1-5H3. The van der Waals surface area contributed by atoms with E-state index in [0.29, 0.717) is 12.8 Å². The molecule has 1 heterocycles. The van der Waals surface area contributed by atoms with E-state index in [1.165, 1.54) is 0 Å². The Kier molecular flexibility index (Phi) is 4.94. The number of ether oxygens (including phenoxy) is 3. The molecule has 5 nitrogen and oxygen atoms in total. The molecule has 1 aliphatic rings. The van der Waals surface area contributed by atoms with Gasteiger partial charge in [-0.1, -0.05) is 0 Å². The van der Waals surface area contributed by atoms with Crippen LogP contribution in [0.25, 0.3) is 0 Å². The Labute approximate surface area is 114 Å². The van der Waals surface area contributed by atoms with Gasteiger partial charge in [-0.25, -0.2) is 0 Å². The van der Waals surface area contributed by atoms with E-state index >= 15 is 0 Å². The number of hydrogen-bond acceptors (Lipinski definition) is 5. The number of nitrogens with zero attached hydrogens (tertiary/aromatic N) is 1. The van der Waals surface area contributed by atoms with E-state index < -0.39 is 11.4 Å². The first-order valence-electron chi connectivity index (χ1n) is 6.56. The van der Waals surface area contributed by atoms with Crippen LogP contribution in [0.3, 0.4) is 0 Å². The van der Waals surface area contributed by atoms with E-state index in [1.54, 1.807) is 13.8 Å². The number of carbonyl (C=O) groups is 1. The van der Waals surface area contributed by atoms with Crippen LogP contribution in [0, 0.1) is 11.3 Å². The maximum absolute atomic E-state index is 11.8. The van der Waals surface area contributed by atoms with Gasteiger partial charge in [0.1, 0.15) is 5.60 Å². The van der Waals surface area contributed by atoms with Crippen LogP contribution in [-0.2, 0) is 19.0 Å². The summed E-state index contributed by atoms with van der Waals surface area (Å²) in [4.78, 5) is 11.8. The summed E-state index contributed by atoms with van der Waals surface area (Å²) >= 11 is 0. The number of nitriles is 1. The monoisotopic (exact) mass is 269 g/mol. The lowest BCUT2D eigenvalue weighted by atomic mass is 10.0. The van der Waals surface area contributed by atoms with Crippen molar-refractivity contribution >= 4 is 5.97 Å².